The van der Waals surface area contributed by atoms with Crippen molar-refractivity contribution in [3.63, 3.8) is 0 Å². The Kier molecular flexibility index (Phi) is 16.3. The quantitative estimate of drug-likeness (QED) is 0.249. The fourth-order valence-electron chi connectivity index (χ4n) is 3.14. The van der Waals surface area contributed by atoms with Crippen LogP contribution in [0.15, 0.2) is 0 Å². The minimum Gasteiger partial charge on any atom is -0.396 e. The molecule has 5 heteroatoms. The second-order valence-electron chi connectivity index (χ2n) is 7.03. The van der Waals surface area contributed by atoms with Gasteiger partial charge in [0.05, 0.1) is 5.25 Å². The molecule has 0 amide bonds. The summed E-state index contributed by atoms with van der Waals surface area (Å²) in [5.41, 5.74) is 0. The van der Waals surface area contributed by atoms with Gasteiger partial charge in [-0.05, 0) is 19.3 Å². The second kappa shape index (κ2) is 16.3. The molecule has 0 saturated carbocycles. The number of rotatable bonds is 18. The highest BCUT2D eigenvalue weighted by atomic mass is 32.2. The summed E-state index contributed by atoms with van der Waals surface area (Å²) in [5, 5.41) is 8.14. The third-order valence-electron chi connectivity index (χ3n) is 4.74. The first-order valence-corrected chi connectivity index (χ1v) is 11.6. The van der Waals surface area contributed by atoms with E-state index in [-0.39, 0.29) is 6.61 Å². The van der Waals surface area contributed by atoms with Crippen LogP contribution in [0.25, 0.3) is 0 Å². The van der Waals surface area contributed by atoms with Gasteiger partial charge in [-0.15, -0.1) is 0 Å². The first kappa shape index (κ1) is 23.9. The maximum atomic E-state index is 11.5. The molecule has 0 aliphatic carbocycles. The van der Waals surface area contributed by atoms with Crippen LogP contribution in [0.1, 0.15) is 110 Å². The van der Waals surface area contributed by atoms with Crippen LogP contribution >= 0.6 is 0 Å². The molecular formula is C19H40O4S. The SMILES string of the molecule is CCCCCCCCCC(CCCCCCCCCO)S(=O)(=O)O. The van der Waals surface area contributed by atoms with E-state index < -0.39 is 15.4 Å². The van der Waals surface area contributed by atoms with E-state index in [0.29, 0.717) is 12.8 Å². The molecule has 4 nitrogen and oxygen atoms in total. The monoisotopic (exact) mass is 364 g/mol. The van der Waals surface area contributed by atoms with Crippen LogP contribution < -0.4 is 0 Å². The Morgan fingerprint density at radius 2 is 1.04 bits per heavy atom. The lowest BCUT2D eigenvalue weighted by atomic mass is 10.0. The highest BCUT2D eigenvalue weighted by Crippen LogP contribution is 2.19. The molecule has 0 aliphatic rings. The van der Waals surface area contributed by atoms with Crippen molar-refractivity contribution < 1.29 is 18.1 Å². The molecule has 1 unspecified atom stereocenters. The first-order chi connectivity index (χ1) is 11.5. The summed E-state index contributed by atoms with van der Waals surface area (Å²) in [6.07, 6.45) is 16.6. The Hall–Kier alpha value is -0.130. The van der Waals surface area contributed by atoms with Crippen molar-refractivity contribution in [2.75, 3.05) is 6.61 Å². The molecule has 1 atom stereocenters. The minimum atomic E-state index is -3.90. The zero-order valence-corrected chi connectivity index (χ0v) is 16.5. The van der Waals surface area contributed by atoms with E-state index in [1.165, 1.54) is 32.1 Å². The maximum Gasteiger partial charge on any atom is 0.267 e. The molecule has 0 fully saturated rings. The first-order valence-electron chi connectivity index (χ1n) is 10.1. The smallest absolute Gasteiger partial charge is 0.267 e. The van der Waals surface area contributed by atoms with E-state index in [0.717, 1.165) is 57.8 Å². The van der Waals surface area contributed by atoms with Gasteiger partial charge in [0.25, 0.3) is 10.1 Å². The van der Waals surface area contributed by atoms with Crippen LogP contribution in [0, 0.1) is 0 Å². The molecule has 2 N–H and O–H groups in total. The minimum absolute atomic E-state index is 0.272. The predicted molar refractivity (Wildman–Crippen MR) is 102 cm³/mol. The van der Waals surface area contributed by atoms with Gasteiger partial charge in [-0.25, -0.2) is 0 Å². The van der Waals surface area contributed by atoms with E-state index in [1.54, 1.807) is 0 Å². The Labute approximate surface area is 150 Å². The zero-order chi connectivity index (χ0) is 18.1. The molecule has 0 radical (unpaired) electrons. The van der Waals surface area contributed by atoms with Crippen molar-refractivity contribution in [3.8, 4) is 0 Å². The second-order valence-corrected chi connectivity index (χ2v) is 8.73. The standard InChI is InChI=1S/C19H40O4S/c1-2-3-4-5-7-10-13-16-19(24(21,22)23)17-14-11-8-6-9-12-15-18-20/h19-20H,2-18H2,1H3,(H,21,22,23). The third-order valence-corrected chi connectivity index (χ3v) is 6.05. The number of hydrogen-bond donors (Lipinski definition) is 2. The lowest BCUT2D eigenvalue weighted by Gasteiger charge is -2.13. The molecular weight excluding hydrogens is 324 g/mol. The molecule has 0 bridgehead atoms. The molecule has 0 rings (SSSR count). The van der Waals surface area contributed by atoms with Crippen LogP contribution in [-0.4, -0.2) is 29.9 Å². The van der Waals surface area contributed by atoms with Crippen molar-refractivity contribution in [3.05, 3.63) is 0 Å². The topological polar surface area (TPSA) is 74.6 Å². The van der Waals surface area contributed by atoms with Crippen LogP contribution in [0.3, 0.4) is 0 Å². The van der Waals surface area contributed by atoms with Crippen molar-refractivity contribution in [1.29, 1.82) is 0 Å². The summed E-state index contributed by atoms with van der Waals surface area (Å²) in [5.74, 6) is 0. The fraction of sp³-hybridized carbons (Fsp3) is 1.00. The van der Waals surface area contributed by atoms with E-state index in [4.69, 9.17) is 5.11 Å². The average Bonchev–Trinajstić information content (AvgIpc) is 2.53. The number of aliphatic hydroxyl groups excluding tert-OH is 1. The number of aliphatic hydroxyl groups is 1. The summed E-state index contributed by atoms with van der Waals surface area (Å²) in [6, 6.07) is 0. The van der Waals surface area contributed by atoms with Crippen LogP contribution in [0.5, 0.6) is 0 Å². The highest BCUT2D eigenvalue weighted by Gasteiger charge is 2.21. The Morgan fingerprint density at radius 3 is 1.42 bits per heavy atom. The summed E-state index contributed by atoms with van der Waals surface area (Å²) in [6.45, 7) is 2.47. The Bertz CT molecular complexity index is 354. The average molecular weight is 365 g/mol. The van der Waals surface area contributed by atoms with E-state index in [1.807, 2.05) is 0 Å². The van der Waals surface area contributed by atoms with Crippen molar-refractivity contribution in [2.45, 2.75) is 115 Å². The van der Waals surface area contributed by atoms with Crippen LogP contribution in [0.4, 0.5) is 0 Å². The van der Waals surface area contributed by atoms with Gasteiger partial charge >= 0.3 is 0 Å². The zero-order valence-electron chi connectivity index (χ0n) is 15.7. The van der Waals surface area contributed by atoms with Gasteiger partial charge in [-0.1, -0.05) is 90.4 Å². The van der Waals surface area contributed by atoms with Gasteiger partial charge in [0.2, 0.25) is 0 Å². The molecule has 0 heterocycles. The predicted octanol–water partition coefficient (Wildman–Crippen LogP) is 5.50. The van der Waals surface area contributed by atoms with Gasteiger partial charge < -0.3 is 5.11 Å². The summed E-state index contributed by atoms with van der Waals surface area (Å²) in [4.78, 5) is 0. The molecule has 24 heavy (non-hydrogen) atoms. The lowest BCUT2D eigenvalue weighted by molar-refractivity contribution is 0.282. The third kappa shape index (κ3) is 15.4. The highest BCUT2D eigenvalue weighted by molar-refractivity contribution is 7.86. The van der Waals surface area contributed by atoms with E-state index >= 15 is 0 Å². The summed E-state index contributed by atoms with van der Waals surface area (Å²) >= 11 is 0. The fourth-order valence-corrected chi connectivity index (χ4v) is 4.07. The molecule has 0 aromatic rings. The normalized spacial score (nSPS) is 13.3. The summed E-state index contributed by atoms with van der Waals surface area (Å²) in [7, 11) is -3.90. The van der Waals surface area contributed by atoms with Gasteiger partial charge in [-0.3, -0.25) is 4.55 Å². The number of unbranched alkanes of at least 4 members (excludes halogenated alkanes) is 12. The van der Waals surface area contributed by atoms with Gasteiger partial charge in [0.1, 0.15) is 0 Å². The molecule has 0 saturated heterocycles. The molecule has 0 spiro atoms. The largest absolute Gasteiger partial charge is 0.396 e. The maximum absolute atomic E-state index is 11.5. The van der Waals surface area contributed by atoms with Gasteiger partial charge in [-0.2, -0.15) is 8.42 Å². The summed E-state index contributed by atoms with van der Waals surface area (Å²) < 4.78 is 32.4. The van der Waals surface area contributed by atoms with Crippen molar-refractivity contribution in [1.82, 2.24) is 0 Å². The Balaban J connectivity index is 3.72. The van der Waals surface area contributed by atoms with Crippen molar-refractivity contribution >= 4 is 10.1 Å². The lowest BCUT2D eigenvalue weighted by Crippen LogP contribution is -2.20. The van der Waals surface area contributed by atoms with Crippen LogP contribution in [0.2, 0.25) is 0 Å². The molecule has 146 valence electrons. The van der Waals surface area contributed by atoms with E-state index in [9.17, 15) is 13.0 Å². The van der Waals surface area contributed by atoms with Crippen LogP contribution in [-0.2, 0) is 10.1 Å². The number of hydrogen-bond acceptors (Lipinski definition) is 3. The Morgan fingerprint density at radius 1 is 0.667 bits per heavy atom. The van der Waals surface area contributed by atoms with E-state index in [2.05, 4.69) is 6.92 Å². The molecule has 0 aromatic heterocycles. The van der Waals surface area contributed by atoms with Gasteiger partial charge in [0.15, 0.2) is 0 Å². The molecule has 0 aliphatic heterocycles. The van der Waals surface area contributed by atoms with Crippen molar-refractivity contribution in [2.24, 2.45) is 0 Å². The van der Waals surface area contributed by atoms with Gasteiger partial charge in [0, 0.05) is 6.61 Å². The molecule has 0 aromatic carbocycles.